The number of hydrogen-bond donors (Lipinski definition) is 6. The molecule has 3 heterocycles. The number of hydrogen-bond acceptors (Lipinski definition) is 12. The smallest absolute Gasteiger partial charge is 0.303 e. The van der Waals surface area contributed by atoms with Crippen molar-refractivity contribution in [2.75, 3.05) is 40.4 Å². The molecule has 38 heavy (non-hydrogen) atoms. The number of anilines is 5. The first-order valence-electron chi connectivity index (χ1n) is 12.4. The second-order valence-electron chi connectivity index (χ2n) is 9.04. The van der Waals surface area contributed by atoms with Crippen LogP contribution < -0.4 is 26.0 Å². The average Bonchev–Trinajstić information content (AvgIpc) is 3.40. The number of nitrogens with zero attached hydrogens (tertiary/aromatic N) is 5. The number of aromatic nitrogens is 2. The number of aliphatic hydroxyl groups is 3. The summed E-state index contributed by atoms with van der Waals surface area (Å²) in [5.74, 6) is -0.542. The molecule has 206 valence electrons. The van der Waals surface area contributed by atoms with Crippen LogP contribution in [0, 0.1) is 0 Å². The second-order valence-corrected chi connectivity index (χ2v) is 9.04. The molecule has 2 aliphatic rings. The quantitative estimate of drug-likeness (QED) is 0.234. The Balaban J connectivity index is 1.70. The zero-order valence-corrected chi connectivity index (χ0v) is 21.2. The van der Waals surface area contributed by atoms with E-state index in [0.29, 0.717) is 18.7 Å². The van der Waals surface area contributed by atoms with Gasteiger partial charge in [-0.05, 0) is 31.0 Å². The van der Waals surface area contributed by atoms with Crippen LogP contribution in [-0.4, -0.2) is 86.6 Å². The first kappa shape index (κ1) is 27.3. The van der Waals surface area contributed by atoms with Gasteiger partial charge < -0.3 is 40.7 Å². The fourth-order valence-electron chi connectivity index (χ4n) is 4.51. The molecule has 7 N–H and O–H groups in total. The number of aliphatic hydroxyl groups excluding tert-OH is 3. The van der Waals surface area contributed by atoms with Crippen molar-refractivity contribution in [1.82, 2.24) is 15.4 Å². The first-order chi connectivity index (χ1) is 18.2. The topological polar surface area (TPSA) is 198 Å². The lowest BCUT2D eigenvalue weighted by Gasteiger charge is -2.28. The number of nitrogens with one attached hydrogen (secondary N) is 1. The zero-order chi connectivity index (χ0) is 27.6. The monoisotopic (exact) mass is 531 g/mol. The van der Waals surface area contributed by atoms with Crippen LogP contribution in [-0.2, 0) is 20.7 Å². The summed E-state index contributed by atoms with van der Waals surface area (Å²) < 4.78 is 5.74. The second kappa shape index (κ2) is 11.3. The van der Waals surface area contributed by atoms with Crippen molar-refractivity contribution in [3.63, 3.8) is 0 Å². The zero-order valence-electron chi connectivity index (χ0n) is 21.2. The number of ether oxygens (including phenoxy) is 1. The maximum atomic E-state index is 12.2. The van der Waals surface area contributed by atoms with Gasteiger partial charge in [0, 0.05) is 25.1 Å². The Kier molecular flexibility index (Phi) is 8.16. The van der Waals surface area contributed by atoms with E-state index in [-0.39, 0.29) is 43.0 Å². The summed E-state index contributed by atoms with van der Waals surface area (Å²) >= 11 is 0. The van der Waals surface area contributed by atoms with Crippen LogP contribution in [0.15, 0.2) is 24.3 Å². The molecule has 0 aliphatic carbocycles. The third-order valence-electron chi connectivity index (χ3n) is 6.55. The van der Waals surface area contributed by atoms with Crippen molar-refractivity contribution in [3.05, 3.63) is 29.8 Å². The highest BCUT2D eigenvalue weighted by Gasteiger charge is 2.49. The summed E-state index contributed by atoms with van der Waals surface area (Å²) in [6.07, 6.45) is -4.10. The molecule has 0 spiro atoms. The van der Waals surface area contributed by atoms with Crippen molar-refractivity contribution in [1.29, 1.82) is 0 Å². The van der Waals surface area contributed by atoms with Gasteiger partial charge in [0.1, 0.15) is 30.7 Å². The molecule has 1 fully saturated rings. The minimum Gasteiger partial charge on any atom is -0.481 e. The summed E-state index contributed by atoms with van der Waals surface area (Å²) in [5.41, 5.74) is 11.0. The van der Waals surface area contributed by atoms with Gasteiger partial charge in [0.05, 0.1) is 6.61 Å². The van der Waals surface area contributed by atoms with Crippen molar-refractivity contribution < 1.29 is 34.8 Å². The largest absolute Gasteiger partial charge is 0.481 e. The van der Waals surface area contributed by atoms with Crippen molar-refractivity contribution in [2.24, 2.45) is 0 Å². The molecule has 1 saturated heterocycles. The van der Waals surface area contributed by atoms with Crippen LogP contribution in [0.5, 0.6) is 0 Å². The highest BCUT2D eigenvalue weighted by atomic mass is 16.6. The first-order valence-corrected chi connectivity index (χ1v) is 12.4. The van der Waals surface area contributed by atoms with Gasteiger partial charge in [-0.3, -0.25) is 20.0 Å². The lowest BCUT2D eigenvalue weighted by molar-refractivity contribution is -0.137. The van der Waals surface area contributed by atoms with E-state index in [1.54, 1.807) is 16.7 Å². The lowest BCUT2D eigenvalue weighted by atomic mass is 10.1. The number of carboxylic acid groups (broad SMARTS) is 1. The Morgan fingerprint density at radius 1 is 1.18 bits per heavy atom. The number of amides is 1. The van der Waals surface area contributed by atoms with Crippen molar-refractivity contribution in [2.45, 2.75) is 57.6 Å². The SMILES string of the molecule is CCC(=O)NN1CN([C@@H]2O[C@H](CO)C(O)C2O)c2nc(N(CC)c3ccc(CCC(=O)O)cc3)nc(N)c21. The third-order valence-corrected chi connectivity index (χ3v) is 6.55. The fraction of sp³-hybridized carbons (Fsp3) is 0.500. The summed E-state index contributed by atoms with van der Waals surface area (Å²) in [4.78, 5) is 35.6. The molecule has 0 radical (unpaired) electrons. The Hall–Kier alpha value is -3.72. The Bertz CT molecular complexity index is 1170. The van der Waals surface area contributed by atoms with E-state index >= 15 is 0 Å². The molecular weight excluding hydrogens is 498 g/mol. The predicted molar refractivity (Wildman–Crippen MR) is 138 cm³/mol. The standard InChI is InChI=1S/C24H33N7O7/c1-3-16(33)28-31-12-30(23-20(37)19(36)15(11-32)38-23)22-18(31)21(25)26-24(27-22)29(4-2)14-8-5-13(6-9-14)7-10-17(34)35/h5-6,8-9,15,19-20,23,32,36-37H,3-4,7,10-12H2,1-2H3,(H,28,33)(H,34,35)(H2,25,26,27)/t15-,19?,20?,23-/m1/s1. The van der Waals surface area contributed by atoms with E-state index in [2.05, 4.69) is 10.4 Å². The molecule has 0 saturated carbocycles. The van der Waals surface area contributed by atoms with Crippen LogP contribution in [0.4, 0.5) is 29.0 Å². The number of rotatable bonds is 10. The van der Waals surface area contributed by atoms with E-state index in [9.17, 15) is 24.9 Å². The maximum Gasteiger partial charge on any atom is 0.303 e. The molecule has 2 unspecified atom stereocenters. The molecule has 2 aromatic rings. The van der Waals surface area contributed by atoms with Gasteiger partial charge in [-0.25, -0.2) is 0 Å². The minimum absolute atomic E-state index is 0.000398. The molecule has 0 bridgehead atoms. The van der Waals surface area contributed by atoms with Crippen molar-refractivity contribution in [3.8, 4) is 0 Å². The van der Waals surface area contributed by atoms with Gasteiger partial charge in [0.25, 0.3) is 0 Å². The van der Waals surface area contributed by atoms with E-state index in [1.807, 2.05) is 31.2 Å². The number of nitrogen functional groups attached to an aromatic ring is 1. The third kappa shape index (κ3) is 5.29. The highest BCUT2D eigenvalue weighted by molar-refractivity contribution is 5.87. The molecule has 4 atom stereocenters. The lowest BCUT2D eigenvalue weighted by Crippen LogP contribution is -2.50. The molecule has 2 aliphatic heterocycles. The van der Waals surface area contributed by atoms with Gasteiger partial charge in [0.2, 0.25) is 11.9 Å². The van der Waals surface area contributed by atoms with E-state index in [4.69, 9.17) is 20.6 Å². The number of benzene rings is 1. The van der Waals surface area contributed by atoms with Crippen molar-refractivity contribution >= 4 is 40.8 Å². The molecule has 14 heteroatoms. The highest BCUT2D eigenvalue weighted by Crippen LogP contribution is 2.42. The van der Waals surface area contributed by atoms with Gasteiger partial charge >= 0.3 is 5.97 Å². The number of aryl methyl sites for hydroxylation is 1. The molecule has 14 nitrogen and oxygen atoms in total. The van der Waals surface area contributed by atoms with E-state index < -0.39 is 37.1 Å². The van der Waals surface area contributed by atoms with Crippen LogP contribution in [0.1, 0.15) is 32.3 Å². The van der Waals surface area contributed by atoms with Gasteiger partial charge in [-0.1, -0.05) is 19.1 Å². The van der Waals surface area contributed by atoms with Gasteiger partial charge in [-0.2, -0.15) is 9.97 Å². The summed E-state index contributed by atoms with van der Waals surface area (Å²) in [6.45, 7) is 3.58. The number of carbonyl (C=O) groups excluding carboxylic acids is 1. The normalized spacial score (nSPS) is 22.4. The van der Waals surface area contributed by atoms with Crippen LogP contribution in [0.2, 0.25) is 0 Å². The summed E-state index contributed by atoms with van der Waals surface area (Å²) in [5, 5.41) is 40.9. The number of fused-ring (bicyclic) bond motifs is 1. The van der Waals surface area contributed by atoms with Gasteiger partial charge in [-0.15, -0.1) is 0 Å². The summed E-state index contributed by atoms with van der Waals surface area (Å²) in [7, 11) is 0. The van der Waals surface area contributed by atoms with Crippen LogP contribution in [0.25, 0.3) is 0 Å². The number of carbonyl (C=O) groups is 2. The minimum atomic E-state index is -1.36. The molecule has 4 rings (SSSR count). The fourth-order valence-corrected chi connectivity index (χ4v) is 4.51. The Morgan fingerprint density at radius 2 is 1.89 bits per heavy atom. The predicted octanol–water partition coefficient (Wildman–Crippen LogP) is -0.302. The van der Waals surface area contributed by atoms with Crippen LogP contribution in [0.3, 0.4) is 0 Å². The molecular formula is C24H33N7O7. The van der Waals surface area contributed by atoms with E-state index in [1.165, 1.54) is 5.01 Å². The average molecular weight is 532 g/mol. The van der Waals surface area contributed by atoms with E-state index in [0.717, 1.165) is 11.3 Å². The molecule has 1 aromatic carbocycles. The summed E-state index contributed by atoms with van der Waals surface area (Å²) in [6, 6.07) is 7.35. The van der Waals surface area contributed by atoms with Crippen LogP contribution >= 0.6 is 0 Å². The number of aliphatic carboxylic acids is 1. The number of carboxylic acids is 1. The maximum absolute atomic E-state index is 12.2. The molecule has 1 aromatic heterocycles. The number of nitrogens with two attached hydrogens (primary N) is 1. The van der Waals surface area contributed by atoms with Gasteiger partial charge in [0.15, 0.2) is 17.9 Å². The Morgan fingerprint density at radius 3 is 2.47 bits per heavy atom. The molecule has 1 amide bonds. The number of hydrazine groups is 1. The Labute approximate surface area is 219 Å².